The van der Waals surface area contributed by atoms with Crippen molar-refractivity contribution in [1.29, 1.82) is 0 Å². The molecule has 0 bridgehead atoms. The van der Waals surface area contributed by atoms with Gasteiger partial charge in [-0.3, -0.25) is 9.59 Å². The van der Waals surface area contributed by atoms with Gasteiger partial charge in [-0.15, -0.1) is 0 Å². The van der Waals surface area contributed by atoms with Gasteiger partial charge in [0.15, 0.2) is 0 Å². The molecule has 0 saturated carbocycles. The van der Waals surface area contributed by atoms with Crippen LogP contribution >= 0.6 is 0 Å². The van der Waals surface area contributed by atoms with Crippen LogP contribution in [0.3, 0.4) is 0 Å². The van der Waals surface area contributed by atoms with Gasteiger partial charge in [0.05, 0.1) is 0 Å². The van der Waals surface area contributed by atoms with Gasteiger partial charge in [0.2, 0.25) is 5.91 Å². The van der Waals surface area contributed by atoms with E-state index < -0.39 is 24.0 Å². The van der Waals surface area contributed by atoms with Crippen molar-refractivity contribution in [2.45, 2.75) is 57.2 Å². The van der Waals surface area contributed by atoms with Crippen LogP contribution in [0.25, 0.3) is 22.3 Å². The van der Waals surface area contributed by atoms with Crippen LogP contribution in [0.5, 0.6) is 0 Å². The van der Waals surface area contributed by atoms with E-state index in [0.29, 0.717) is 18.4 Å². The molecule has 1 fully saturated rings. The molecular weight excluding hydrogens is 611 g/mol. The number of piperidine rings is 1. The topological polar surface area (TPSA) is 61.4 Å². The molecule has 0 aromatic heterocycles. The van der Waals surface area contributed by atoms with E-state index in [1.54, 1.807) is 0 Å². The summed E-state index contributed by atoms with van der Waals surface area (Å²) in [4.78, 5) is 29.3. The standard InChI is InChI=1S/C40H42F3N3O2/c1-38(2,27-46-24-20-31(21-25-46)45-36(47)30-18-16-29(17-19-30)28-10-4-3-5-11-28)22-23-39(37(48)44-26-40(41,42)43)34-14-8-6-12-32(34)33-13-7-9-15-35(33)39/h3-19,31H,20-27H2,1-2H3,(H,44,48)(H,45,47). The molecule has 2 aliphatic rings. The minimum absolute atomic E-state index is 0.0698. The molecule has 4 aromatic carbocycles. The number of likely N-dealkylation sites (tertiary alicyclic amines) is 1. The fourth-order valence-corrected chi connectivity index (χ4v) is 7.44. The van der Waals surface area contributed by atoms with E-state index in [2.05, 4.69) is 29.4 Å². The molecule has 250 valence electrons. The molecule has 2 N–H and O–H groups in total. The lowest BCUT2D eigenvalue weighted by Crippen LogP contribution is -2.49. The Morgan fingerprint density at radius 3 is 1.90 bits per heavy atom. The van der Waals surface area contributed by atoms with Gasteiger partial charge in [-0.1, -0.05) is 105 Å². The highest BCUT2D eigenvalue weighted by atomic mass is 19.4. The zero-order chi connectivity index (χ0) is 33.9. The molecule has 8 heteroatoms. The van der Waals surface area contributed by atoms with Gasteiger partial charge in [-0.2, -0.15) is 13.2 Å². The molecule has 6 rings (SSSR count). The van der Waals surface area contributed by atoms with Crippen LogP contribution < -0.4 is 10.6 Å². The second kappa shape index (κ2) is 13.6. The van der Waals surface area contributed by atoms with E-state index in [1.165, 1.54) is 0 Å². The number of halogens is 3. The molecule has 2 amide bonds. The van der Waals surface area contributed by atoms with Gasteiger partial charge in [0.1, 0.15) is 12.0 Å². The summed E-state index contributed by atoms with van der Waals surface area (Å²) in [5.41, 5.74) is 4.68. The molecule has 0 unspecified atom stereocenters. The van der Waals surface area contributed by atoms with Crippen molar-refractivity contribution in [2.24, 2.45) is 5.41 Å². The molecular formula is C40H42F3N3O2. The molecule has 1 aliphatic carbocycles. The van der Waals surface area contributed by atoms with Gasteiger partial charge in [0, 0.05) is 31.2 Å². The normalized spacial score (nSPS) is 16.2. The first-order valence-electron chi connectivity index (χ1n) is 16.7. The van der Waals surface area contributed by atoms with E-state index in [0.717, 1.165) is 65.9 Å². The van der Waals surface area contributed by atoms with Crippen LogP contribution in [-0.2, 0) is 10.2 Å². The Hall–Kier alpha value is -4.43. The Bertz CT molecular complexity index is 1700. The molecule has 1 saturated heterocycles. The molecule has 1 heterocycles. The maximum atomic E-state index is 13.9. The maximum absolute atomic E-state index is 13.9. The van der Waals surface area contributed by atoms with E-state index >= 15 is 0 Å². The summed E-state index contributed by atoms with van der Waals surface area (Å²) in [6, 6.07) is 33.0. The lowest BCUT2D eigenvalue weighted by Gasteiger charge is -2.39. The maximum Gasteiger partial charge on any atom is 0.405 e. The van der Waals surface area contributed by atoms with Gasteiger partial charge in [0.25, 0.3) is 5.91 Å². The number of alkyl halides is 3. The van der Waals surface area contributed by atoms with Crippen LogP contribution in [0.15, 0.2) is 103 Å². The Labute approximate surface area is 280 Å². The van der Waals surface area contributed by atoms with Crippen molar-refractivity contribution in [3.63, 3.8) is 0 Å². The van der Waals surface area contributed by atoms with Crippen molar-refractivity contribution in [3.05, 3.63) is 120 Å². The monoisotopic (exact) mass is 653 g/mol. The van der Waals surface area contributed by atoms with Crippen LogP contribution in [0.1, 0.15) is 61.0 Å². The predicted octanol–water partition coefficient (Wildman–Crippen LogP) is 8.00. The van der Waals surface area contributed by atoms with Crippen LogP contribution in [0, 0.1) is 5.41 Å². The van der Waals surface area contributed by atoms with Crippen LogP contribution in [-0.4, -0.2) is 55.1 Å². The Balaban J connectivity index is 1.08. The summed E-state index contributed by atoms with van der Waals surface area (Å²) >= 11 is 0. The van der Waals surface area contributed by atoms with Crippen LogP contribution in [0.2, 0.25) is 0 Å². The first-order chi connectivity index (χ1) is 23.0. The molecule has 0 spiro atoms. The quantitative estimate of drug-likeness (QED) is 0.182. The number of fused-ring (bicyclic) bond motifs is 3. The number of carbonyl (C=O) groups is 2. The molecule has 0 atom stereocenters. The van der Waals surface area contributed by atoms with E-state index in [9.17, 15) is 22.8 Å². The number of rotatable bonds is 10. The number of nitrogens with one attached hydrogen (secondary N) is 2. The lowest BCUT2D eigenvalue weighted by molar-refractivity contribution is -0.141. The number of benzene rings is 4. The van der Waals surface area contributed by atoms with Crippen molar-refractivity contribution in [2.75, 3.05) is 26.2 Å². The Morgan fingerprint density at radius 2 is 1.31 bits per heavy atom. The summed E-state index contributed by atoms with van der Waals surface area (Å²) < 4.78 is 39.8. The summed E-state index contributed by atoms with van der Waals surface area (Å²) in [5, 5.41) is 5.45. The summed E-state index contributed by atoms with van der Waals surface area (Å²) in [6.07, 6.45) is -1.84. The van der Waals surface area contributed by atoms with Crippen molar-refractivity contribution >= 4 is 11.8 Å². The number of hydrogen-bond donors (Lipinski definition) is 2. The Morgan fingerprint density at radius 1 is 0.771 bits per heavy atom. The molecule has 5 nitrogen and oxygen atoms in total. The smallest absolute Gasteiger partial charge is 0.349 e. The minimum atomic E-state index is -4.51. The minimum Gasteiger partial charge on any atom is -0.349 e. The fraction of sp³-hybridized carbons (Fsp3) is 0.350. The molecule has 1 aliphatic heterocycles. The number of amides is 2. The number of nitrogens with zero attached hydrogens (tertiary/aromatic N) is 1. The first kappa shape index (κ1) is 33.5. The third kappa shape index (κ3) is 7.19. The number of carbonyl (C=O) groups excluding carboxylic acids is 2. The third-order valence-electron chi connectivity index (χ3n) is 9.91. The highest BCUT2D eigenvalue weighted by Crippen LogP contribution is 2.52. The average Bonchev–Trinajstić information content (AvgIpc) is 3.38. The zero-order valence-electron chi connectivity index (χ0n) is 27.4. The Kier molecular flexibility index (Phi) is 9.48. The first-order valence-corrected chi connectivity index (χ1v) is 16.7. The van der Waals surface area contributed by atoms with Crippen molar-refractivity contribution in [1.82, 2.24) is 15.5 Å². The molecule has 4 aromatic rings. The second-order valence-electron chi connectivity index (χ2n) is 13.9. The molecule has 48 heavy (non-hydrogen) atoms. The summed E-state index contributed by atoms with van der Waals surface area (Å²) in [6.45, 7) is 5.38. The van der Waals surface area contributed by atoms with Gasteiger partial charge < -0.3 is 15.5 Å². The van der Waals surface area contributed by atoms with Gasteiger partial charge in [-0.05, 0) is 76.6 Å². The SMILES string of the molecule is CC(C)(CCC1(C(=O)NCC(F)(F)F)c2ccccc2-c2ccccc21)CN1CCC(NC(=O)c2ccc(-c3ccccc3)cc2)CC1. The summed E-state index contributed by atoms with van der Waals surface area (Å²) in [5.74, 6) is -0.682. The van der Waals surface area contributed by atoms with Crippen molar-refractivity contribution in [3.8, 4) is 22.3 Å². The second-order valence-corrected chi connectivity index (χ2v) is 13.9. The highest BCUT2D eigenvalue weighted by Gasteiger charge is 2.50. The molecule has 0 radical (unpaired) electrons. The highest BCUT2D eigenvalue weighted by molar-refractivity contribution is 6.00. The van der Waals surface area contributed by atoms with E-state index in [-0.39, 0.29) is 17.4 Å². The predicted molar refractivity (Wildman–Crippen MR) is 184 cm³/mol. The van der Waals surface area contributed by atoms with Crippen molar-refractivity contribution < 1.29 is 22.8 Å². The van der Waals surface area contributed by atoms with Gasteiger partial charge >= 0.3 is 6.18 Å². The fourth-order valence-electron chi connectivity index (χ4n) is 7.44. The lowest BCUT2D eigenvalue weighted by atomic mass is 9.70. The van der Waals surface area contributed by atoms with E-state index in [4.69, 9.17) is 0 Å². The largest absolute Gasteiger partial charge is 0.405 e. The van der Waals surface area contributed by atoms with Crippen LogP contribution in [0.4, 0.5) is 13.2 Å². The number of hydrogen-bond acceptors (Lipinski definition) is 3. The summed E-state index contributed by atoms with van der Waals surface area (Å²) in [7, 11) is 0. The van der Waals surface area contributed by atoms with Gasteiger partial charge in [-0.25, -0.2) is 0 Å². The van der Waals surface area contributed by atoms with E-state index in [1.807, 2.05) is 103 Å². The third-order valence-corrected chi connectivity index (χ3v) is 9.91. The average molecular weight is 654 g/mol. The zero-order valence-corrected chi connectivity index (χ0v) is 27.4.